The predicted molar refractivity (Wildman–Crippen MR) is 101 cm³/mol. The van der Waals surface area contributed by atoms with Crippen LogP contribution in [0.25, 0.3) is 5.65 Å². The Bertz CT molecular complexity index is 1000. The van der Waals surface area contributed by atoms with Crippen molar-refractivity contribution in [1.82, 2.24) is 24.5 Å². The van der Waals surface area contributed by atoms with Gasteiger partial charge >= 0.3 is 0 Å². The molecule has 3 rings (SSSR count). The first kappa shape index (κ1) is 18.6. The van der Waals surface area contributed by atoms with Crippen molar-refractivity contribution in [2.75, 3.05) is 17.6 Å². The van der Waals surface area contributed by atoms with Crippen LogP contribution in [-0.4, -0.2) is 40.5 Å². The van der Waals surface area contributed by atoms with Gasteiger partial charge in [0, 0.05) is 24.5 Å². The minimum atomic E-state index is -3.23. The first-order valence-electron chi connectivity index (χ1n) is 8.14. The number of fused-ring (bicyclic) bond motifs is 1. The summed E-state index contributed by atoms with van der Waals surface area (Å²) in [6, 6.07) is 11.2. The zero-order valence-electron chi connectivity index (χ0n) is 14.2. The molecule has 1 aromatic carbocycles. The monoisotopic (exact) mass is 394 g/mol. The molecule has 0 saturated carbocycles. The summed E-state index contributed by atoms with van der Waals surface area (Å²) in [5, 5.41) is 16.5. The van der Waals surface area contributed by atoms with E-state index in [4.69, 9.17) is 11.6 Å². The lowest BCUT2D eigenvalue weighted by molar-refractivity contribution is 0.581. The first-order valence-corrected chi connectivity index (χ1v) is 10.2. The zero-order chi connectivity index (χ0) is 18.6. The van der Waals surface area contributed by atoms with E-state index < -0.39 is 10.0 Å². The number of hydrogen-bond donors (Lipinski definition) is 2. The Kier molecular flexibility index (Phi) is 5.70. The van der Waals surface area contributed by atoms with Crippen molar-refractivity contribution in [1.29, 1.82) is 0 Å². The van der Waals surface area contributed by atoms with Crippen molar-refractivity contribution in [3.8, 4) is 0 Å². The molecule has 0 aliphatic carbocycles. The van der Waals surface area contributed by atoms with E-state index in [9.17, 15) is 8.42 Å². The number of anilines is 1. The van der Waals surface area contributed by atoms with Crippen molar-refractivity contribution in [2.45, 2.75) is 19.9 Å². The molecule has 0 unspecified atom stereocenters. The van der Waals surface area contributed by atoms with E-state index >= 15 is 0 Å². The van der Waals surface area contributed by atoms with Gasteiger partial charge in [0.15, 0.2) is 11.5 Å². The van der Waals surface area contributed by atoms with E-state index in [2.05, 4.69) is 25.3 Å². The molecule has 138 valence electrons. The van der Waals surface area contributed by atoms with Gasteiger partial charge in [-0.05, 0) is 30.7 Å². The topological polar surface area (TPSA) is 101 Å². The number of nitrogens with zero attached hydrogens (tertiary/aromatic N) is 4. The molecule has 8 nitrogen and oxygen atoms in total. The maximum absolute atomic E-state index is 11.5. The number of sulfonamides is 1. The summed E-state index contributed by atoms with van der Waals surface area (Å²) in [5.74, 6) is 1.27. The third-order valence-electron chi connectivity index (χ3n) is 3.80. The van der Waals surface area contributed by atoms with Crippen LogP contribution in [0.2, 0.25) is 5.02 Å². The number of aromatic nitrogens is 4. The van der Waals surface area contributed by atoms with Crippen LogP contribution >= 0.6 is 11.6 Å². The van der Waals surface area contributed by atoms with Crippen LogP contribution < -0.4 is 10.0 Å². The number of halogens is 1. The van der Waals surface area contributed by atoms with Gasteiger partial charge in [-0.1, -0.05) is 29.8 Å². The molecule has 3 aromatic rings. The highest BCUT2D eigenvalue weighted by atomic mass is 35.5. The fourth-order valence-corrected chi connectivity index (χ4v) is 3.15. The molecular weight excluding hydrogens is 376 g/mol. The highest BCUT2D eigenvalue weighted by Gasteiger charge is 2.10. The normalized spacial score (nSPS) is 11.8. The second-order valence-electron chi connectivity index (χ2n) is 5.60. The Morgan fingerprint density at radius 2 is 1.96 bits per heavy atom. The van der Waals surface area contributed by atoms with Crippen molar-refractivity contribution in [2.24, 2.45) is 0 Å². The van der Waals surface area contributed by atoms with Crippen LogP contribution in [0.4, 0.5) is 5.82 Å². The van der Waals surface area contributed by atoms with Gasteiger partial charge in [-0.25, -0.2) is 13.1 Å². The van der Waals surface area contributed by atoms with Crippen LogP contribution in [0, 0.1) is 0 Å². The Hall–Kier alpha value is -2.23. The lowest BCUT2D eigenvalue weighted by Gasteiger charge is -2.08. The molecule has 0 amide bonds. The minimum absolute atomic E-state index is 0.0436. The zero-order valence-corrected chi connectivity index (χ0v) is 15.8. The van der Waals surface area contributed by atoms with E-state index in [1.165, 1.54) is 0 Å². The van der Waals surface area contributed by atoms with Gasteiger partial charge in [-0.2, -0.15) is 4.52 Å². The lowest BCUT2D eigenvalue weighted by Crippen LogP contribution is -2.27. The highest BCUT2D eigenvalue weighted by molar-refractivity contribution is 7.89. The van der Waals surface area contributed by atoms with Crippen LogP contribution in [0.15, 0.2) is 36.4 Å². The van der Waals surface area contributed by atoms with Crippen LogP contribution in [0.3, 0.4) is 0 Å². The van der Waals surface area contributed by atoms with Crippen molar-refractivity contribution in [3.63, 3.8) is 0 Å². The fraction of sp³-hybridized carbons (Fsp3) is 0.312. The summed E-state index contributed by atoms with van der Waals surface area (Å²) in [5.41, 5.74) is 1.57. The SMILES string of the molecule is CCS(=O)(=O)NCCc1nnc2ccc(NCc3ccccc3Cl)nn12. The molecule has 2 heterocycles. The Balaban J connectivity index is 1.70. The highest BCUT2D eigenvalue weighted by Crippen LogP contribution is 2.16. The summed E-state index contributed by atoms with van der Waals surface area (Å²) < 4.78 is 27.1. The van der Waals surface area contributed by atoms with Crippen LogP contribution in [0.5, 0.6) is 0 Å². The van der Waals surface area contributed by atoms with Gasteiger partial charge in [-0.3, -0.25) is 0 Å². The molecule has 2 N–H and O–H groups in total. The maximum Gasteiger partial charge on any atom is 0.211 e. The van der Waals surface area contributed by atoms with Crippen molar-refractivity contribution in [3.05, 3.63) is 52.8 Å². The number of benzene rings is 1. The molecule has 0 atom stereocenters. The van der Waals surface area contributed by atoms with Gasteiger partial charge in [0.2, 0.25) is 10.0 Å². The fourth-order valence-electron chi connectivity index (χ4n) is 2.33. The van der Waals surface area contributed by atoms with Gasteiger partial charge in [0.1, 0.15) is 5.82 Å². The quantitative estimate of drug-likeness (QED) is 0.604. The first-order chi connectivity index (χ1) is 12.5. The third-order valence-corrected chi connectivity index (χ3v) is 5.57. The molecule has 26 heavy (non-hydrogen) atoms. The second-order valence-corrected chi connectivity index (χ2v) is 8.10. The van der Waals surface area contributed by atoms with Gasteiger partial charge < -0.3 is 5.32 Å². The Morgan fingerprint density at radius 1 is 1.15 bits per heavy atom. The number of hydrogen-bond acceptors (Lipinski definition) is 6. The second kappa shape index (κ2) is 7.98. The van der Waals surface area contributed by atoms with Gasteiger partial charge in [0.25, 0.3) is 0 Å². The molecule has 0 bridgehead atoms. The van der Waals surface area contributed by atoms with E-state index in [1.807, 2.05) is 30.3 Å². The van der Waals surface area contributed by atoms with Gasteiger partial charge in [0.05, 0.1) is 5.75 Å². The summed E-state index contributed by atoms with van der Waals surface area (Å²) in [7, 11) is -3.23. The molecular formula is C16H19ClN6O2S. The van der Waals surface area contributed by atoms with Crippen LogP contribution in [0.1, 0.15) is 18.3 Å². The average Bonchev–Trinajstić information content (AvgIpc) is 3.03. The number of nitrogens with one attached hydrogen (secondary N) is 2. The largest absolute Gasteiger partial charge is 0.364 e. The molecule has 0 saturated heterocycles. The standard InChI is InChI=1S/C16H19ClN6O2S/c1-2-26(24,25)19-10-9-16-21-20-15-8-7-14(22-23(15)16)18-11-12-5-3-4-6-13(12)17/h3-8,19H,2,9-11H2,1H3,(H,18,22). The van der Waals surface area contributed by atoms with E-state index in [-0.39, 0.29) is 12.3 Å². The molecule has 0 spiro atoms. The van der Waals surface area contributed by atoms with E-state index in [1.54, 1.807) is 17.5 Å². The Morgan fingerprint density at radius 3 is 2.73 bits per heavy atom. The molecule has 0 aliphatic rings. The van der Waals surface area contributed by atoms with E-state index in [0.29, 0.717) is 35.3 Å². The molecule has 0 fully saturated rings. The summed E-state index contributed by atoms with van der Waals surface area (Å²) in [6.07, 6.45) is 0.390. The van der Waals surface area contributed by atoms with E-state index in [0.717, 1.165) is 5.56 Å². The van der Waals surface area contributed by atoms with Crippen LogP contribution in [-0.2, 0) is 23.0 Å². The van der Waals surface area contributed by atoms with Gasteiger partial charge in [-0.15, -0.1) is 15.3 Å². The Labute approximate surface area is 156 Å². The molecule has 0 radical (unpaired) electrons. The van der Waals surface area contributed by atoms with Crippen molar-refractivity contribution >= 4 is 33.1 Å². The molecule has 10 heteroatoms. The van der Waals surface area contributed by atoms with Crippen molar-refractivity contribution < 1.29 is 8.42 Å². The predicted octanol–water partition coefficient (Wildman–Crippen LogP) is 1.87. The maximum atomic E-state index is 11.5. The molecule has 0 aliphatic heterocycles. The summed E-state index contributed by atoms with van der Waals surface area (Å²) in [6.45, 7) is 2.37. The third kappa shape index (κ3) is 4.48. The smallest absolute Gasteiger partial charge is 0.211 e. The average molecular weight is 395 g/mol. The summed E-state index contributed by atoms with van der Waals surface area (Å²) >= 11 is 6.16. The number of rotatable bonds is 8. The summed E-state index contributed by atoms with van der Waals surface area (Å²) in [4.78, 5) is 0. The minimum Gasteiger partial charge on any atom is -0.364 e. The molecule has 2 aromatic heterocycles. The lowest BCUT2D eigenvalue weighted by atomic mass is 10.2.